The molecule has 1 aliphatic heterocycles. The molecule has 0 aliphatic carbocycles. The number of nitrogens with zero attached hydrogens (tertiary/aromatic N) is 2. The van der Waals surface area contributed by atoms with Crippen LogP contribution in [-0.4, -0.2) is 55.8 Å². The molecule has 1 aromatic rings. The quantitative estimate of drug-likeness (QED) is 0.348. The van der Waals surface area contributed by atoms with Crippen molar-refractivity contribution in [2.75, 3.05) is 13.7 Å². The number of carbonyl (C=O) groups excluding carboxylic acids is 2. The normalized spacial score (nSPS) is 19.0. The van der Waals surface area contributed by atoms with E-state index in [0.717, 1.165) is 12.7 Å². The second-order valence-corrected chi connectivity index (χ2v) is 8.79. The van der Waals surface area contributed by atoms with Gasteiger partial charge in [-0.25, -0.2) is 13.4 Å². The molecule has 1 aromatic heterocycles. The van der Waals surface area contributed by atoms with Gasteiger partial charge in [0.25, 0.3) is 0 Å². The zero-order valence-corrected chi connectivity index (χ0v) is 17.4. The fourth-order valence-electron chi connectivity index (χ4n) is 3.23. The Morgan fingerprint density at radius 3 is 2.82 bits per heavy atom. The van der Waals surface area contributed by atoms with Gasteiger partial charge in [0.1, 0.15) is 17.2 Å². The summed E-state index contributed by atoms with van der Waals surface area (Å²) in [5.74, 6) is -0.541. The molecule has 9 heteroatoms. The van der Waals surface area contributed by atoms with Gasteiger partial charge in [0, 0.05) is 18.7 Å². The average Bonchev–Trinajstić information content (AvgIpc) is 2.67. The van der Waals surface area contributed by atoms with Crippen molar-refractivity contribution in [1.29, 1.82) is 0 Å². The lowest BCUT2D eigenvalue weighted by Crippen LogP contribution is -2.48. The Morgan fingerprint density at radius 2 is 2.14 bits per heavy atom. The first-order valence-electron chi connectivity index (χ1n) is 9.49. The highest BCUT2D eigenvalue weighted by Gasteiger charge is 2.40. The minimum Gasteiger partial charge on any atom is -0.474 e. The van der Waals surface area contributed by atoms with E-state index < -0.39 is 22.0 Å². The first-order chi connectivity index (χ1) is 13.3. The molecule has 8 nitrogen and oxygen atoms in total. The highest BCUT2D eigenvalue weighted by molar-refractivity contribution is 7.89. The van der Waals surface area contributed by atoms with E-state index in [0.29, 0.717) is 37.8 Å². The minimum absolute atomic E-state index is 0.0211. The van der Waals surface area contributed by atoms with Crippen molar-refractivity contribution < 1.29 is 27.5 Å². The zero-order valence-electron chi connectivity index (χ0n) is 16.6. The van der Waals surface area contributed by atoms with Gasteiger partial charge in [0.2, 0.25) is 15.9 Å². The van der Waals surface area contributed by atoms with Gasteiger partial charge >= 0.3 is 5.97 Å². The summed E-state index contributed by atoms with van der Waals surface area (Å²) in [4.78, 5) is 26.8. The number of aryl methyl sites for hydroxylation is 1. The number of rotatable bonds is 9. The van der Waals surface area contributed by atoms with E-state index in [-0.39, 0.29) is 23.4 Å². The van der Waals surface area contributed by atoms with Crippen molar-refractivity contribution in [2.45, 2.75) is 69.4 Å². The Balaban J connectivity index is 2.33. The number of aromatic nitrogens is 1. The van der Waals surface area contributed by atoms with Gasteiger partial charge in [-0.05, 0) is 58.1 Å². The molecule has 0 amide bonds. The molecule has 1 saturated heterocycles. The van der Waals surface area contributed by atoms with Crippen LogP contribution in [0, 0.1) is 6.92 Å². The van der Waals surface area contributed by atoms with Crippen LogP contribution < -0.4 is 4.74 Å². The molecule has 0 unspecified atom stereocenters. The molecule has 2 atom stereocenters. The number of methoxy groups -OCH3 is 1. The number of pyridine rings is 1. The molecule has 0 N–H and O–H groups in total. The molecule has 156 valence electrons. The molecule has 1 aliphatic rings. The molecule has 0 bridgehead atoms. The zero-order chi connectivity index (χ0) is 20.7. The van der Waals surface area contributed by atoms with Gasteiger partial charge in [-0.15, -0.1) is 0 Å². The fraction of sp³-hybridized carbons (Fsp3) is 0.632. The molecule has 0 radical (unpaired) electrons. The van der Waals surface area contributed by atoms with E-state index in [4.69, 9.17) is 9.47 Å². The smallest absolute Gasteiger partial charge is 0.324 e. The van der Waals surface area contributed by atoms with Crippen LogP contribution in [0.5, 0.6) is 5.88 Å². The third-order valence-electron chi connectivity index (χ3n) is 4.72. The largest absolute Gasteiger partial charge is 0.474 e. The third-order valence-corrected chi connectivity index (χ3v) is 6.64. The molecule has 0 spiro atoms. The molecular weight excluding hydrogens is 384 g/mol. The van der Waals surface area contributed by atoms with Crippen LogP contribution in [0.2, 0.25) is 0 Å². The Hall–Kier alpha value is -2.00. The number of ether oxygens (including phenoxy) is 2. The van der Waals surface area contributed by atoms with Crippen LogP contribution in [-0.2, 0) is 24.3 Å². The van der Waals surface area contributed by atoms with E-state index in [1.807, 2.05) is 6.92 Å². The first kappa shape index (κ1) is 22.3. The molecule has 1 fully saturated rings. The van der Waals surface area contributed by atoms with E-state index >= 15 is 0 Å². The van der Waals surface area contributed by atoms with Gasteiger partial charge in [-0.1, -0.05) is 0 Å². The van der Waals surface area contributed by atoms with Gasteiger partial charge in [-0.3, -0.25) is 4.79 Å². The number of hydrogen-bond donors (Lipinski definition) is 0. The number of aldehydes is 1. The molecule has 2 rings (SSSR count). The second kappa shape index (κ2) is 9.97. The van der Waals surface area contributed by atoms with Crippen molar-refractivity contribution in [3.05, 3.63) is 17.8 Å². The van der Waals surface area contributed by atoms with E-state index in [2.05, 4.69) is 4.98 Å². The molecule has 2 heterocycles. The summed E-state index contributed by atoms with van der Waals surface area (Å²) < 4.78 is 38.5. The van der Waals surface area contributed by atoms with Crippen LogP contribution in [0.3, 0.4) is 0 Å². The van der Waals surface area contributed by atoms with E-state index in [9.17, 15) is 18.0 Å². The fourth-order valence-corrected chi connectivity index (χ4v) is 4.93. The monoisotopic (exact) mass is 412 g/mol. The SMILES string of the molecule is COC(=O)[C@@H]1CCCCN1S(=O)(=O)c1ccc(C)nc1O[C@H](C)CCCC=O. The van der Waals surface area contributed by atoms with Crippen LogP contribution in [0.4, 0.5) is 0 Å². The van der Waals surface area contributed by atoms with Crippen molar-refractivity contribution in [1.82, 2.24) is 9.29 Å². The molecule has 28 heavy (non-hydrogen) atoms. The van der Waals surface area contributed by atoms with Gasteiger partial charge < -0.3 is 14.3 Å². The number of carbonyl (C=O) groups is 2. The van der Waals surface area contributed by atoms with Gasteiger partial charge in [0.15, 0.2) is 0 Å². The highest BCUT2D eigenvalue weighted by atomic mass is 32.2. The number of piperidine rings is 1. The Labute approximate surface area is 166 Å². The highest BCUT2D eigenvalue weighted by Crippen LogP contribution is 2.31. The number of esters is 1. The van der Waals surface area contributed by atoms with E-state index in [1.54, 1.807) is 13.0 Å². The predicted molar refractivity (Wildman–Crippen MR) is 103 cm³/mol. The van der Waals surface area contributed by atoms with Crippen molar-refractivity contribution in [3.63, 3.8) is 0 Å². The topological polar surface area (TPSA) is 103 Å². The second-order valence-electron chi connectivity index (χ2n) is 6.93. The summed E-state index contributed by atoms with van der Waals surface area (Å²) in [6.45, 7) is 3.80. The summed E-state index contributed by atoms with van der Waals surface area (Å²) in [6.07, 6.45) is 4.06. The van der Waals surface area contributed by atoms with Crippen LogP contribution >= 0.6 is 0 Å². The maximum absolute atomic E-state index is 13.3. The summed E-state index contributed by atoms with van der Waals surface area (Å²) in [7, 11) is -2.74. The lowest BCUT2D eigenvalue weighted by atomic mass is 10.1. The number of unbranched alkanes of at least 4 members (excludes halogenated alkanes) is 1. The van der Waals surface area contributed by atoms with Crippen molar-refractivity contribution >= 4 is 22.3 Å². The minimum atomic E-state index is -4.00. The van der Waals surface area contributed by atoms with Gasteiger partial charge in [-0.2, -0.15) is 4.31 Å². The van der Waals surface area contributed by atoms with Gasteiger partial charge in [0.05, 0.1) is 13.2 Å². The standard InChI is InChI=1S/C19H28N2O6S/c1-14-10-11-17(18(20-14)27-15(2)8-5-7-13-22)28(24,25)21-12-6-4-9-16(21)19(23)26-3/h10-11,13,15-16H,4-9,12H2,1-3H3/t15-,16+/m1/s1. The van der Waals surface area contributed by atoms with Crippen LogP contribution in [0.25, 0.3) is 0 Å². The van der Waals surface area contributed by atoms with Crippen LogP contribution in [0.15, 0.2) is 17.0 Å². The Morgan fingerprint density at radius 1 is 1.39 bits per heavy atom. The molecular formula is C19H28N2O6S. The summed E-state index contributed by atoms with van der Waals surface area (Å²) >= 11 is 0. The first-order valence-corrected chi connectivity index (χ1v) is 10.9. The lowest BCUT2D eigenvalue weighted by molar-refractivity contribution is -0.146. The molecule has 0 aromatic carbocycles. The maximum Gasteiger partial charge on any atom is 0.324 e. The Bertz CT molecular complexity index is 796. The van der Waals surface area contributed by atoms with Crippen molar-refractivity contribution in [3.8, 4) is 5.88 Å². The summed E-state index contributed by atoms with van der Waals surface area (Å²) in [5.41, 5.74) is 0.622. The summed E-state index contributed by atoms with van der Waals surface area (Å²) in [5, 5.41) is 0. The maximum atomic E-state index is 13.3. The van der Waals surface area contributed by atoms with Crippen LogP contribution in [0.1, 0.15) is 51.1 Å². The number of hydrogen-bond acceptors (Lipinski definition) is 7. The van der Waals surface area contributed by atoms with E-state index in [1.165, 1.54) is 17.5 Å². The Kier molecular flexibility index (Phi) is 7.94. The third kappa shape index (κ3) is 5.29. The number of sulfonamides is 1. The molecule has 0 saturated carbocycles. The lowest BCUT2D eigenvalue weighted by Gasteiger charge is -2.33. The predicted octanol–water partition coefficient (Wildman–Crippen LogP) is 2.24. The van der Waals surface area contributed by atoms with Crippen molar-refractivity contribution in [2.24, 2.45) is 0 Å². The summed E-state index contributed by atoms with van der Waals surface area (Å²) in [6, 6.07) is 2.23. The average molecular weight is 413 g/mol.